The van der Waals surface area contributed by atoms with E-state index in [1.54, 1.807) is 22.5 Å². The number of fused-ring (bicyclic) bond motifs is 1. The van der Waals surface area contributed by atoms with Gasteiger partial charge in [0.15, 0.2) is 0 Å². The molecule has 0 radical (unpaired) electrons. The Labute approximate surface area is 200 Å². The number of allylic oxidation sites excluding steroid dienone is 1. The zero-order valence-corrected chi connectivity index (χ0v) is 20.8. The van der Waals surface area contributed by atoms with Gasteiger partial charge in [0.05, 0.1) is 12.2 Å². The lowest BCUT2D eigenvalue weighted by atomic mass is 9.96. The van der Waals surface area contributed by atoms with Crippen molar-refractivity contribution in [2.75, 3.05) is 24.3 Å². The first-order valence-corrected chi connectivity index (χ1v) is 12.5. The maximum atomic E-state index is 13.0. The molecule has 1 aliphatic rings. The molecule has 0 bridgehead atoms. The Morgan fingerprint density at radius 3 is 2.76 bits per heavy atom. The van der Waals surface area contributed by atoms with E-state index in [4.69, 9.17) is 14.6 Å². The molecule has 1 unspecified atom stereocenters. The highest BCUT2D eigenvalue weighted by molar-refractivity contribution is 7.99. The van der Waals surface area contributed by atoms with Gasteiger partial charge < -0.3 is 14.8 Å². The van der Waals surface area contributed by atoms with Crippen molar-refractivity contribution in [3.63, 3.8) is 0 Å². The molecule has 0 saturated heterocycles. The van der Waals surface area contributed by atoms with Crippen molar-refractivity contribution in [1.29, 1.82) is 0 Å². The number of unbranched alkanes of at least 4 members (excludes halogenated alkanes) is 1. The second-order valence-corrected chi connectivity index (χ2v) is 9.48. The van der Waals surface area contributed by atoms with Crippen LogP contribution in [-0.4, -0.2) is 39.7 Å². The molecule has 1 aliphatic heterocycles. The van der Waals surface area contributed by atoms with E-state index < -0.39 is 12.0 Å². The smallest absolute Gasteiger partial charge is 0.338 e. The summed E-state index contributed by atoms with van der Waals surface area (Å²) in [6.45, 7) is 12.8. The number of anilines is 1. The van der Waals surface area contributed by atoms with Crippen molar-refractivity contribution in [3.05, 3.63) is 53.8 Å². The summed E-state index contributed by atoms with van der Waals surface area (Å²) in [7, 11) is 0. The molecule has 1 N–H and O–H groups in total. The summed E-state index contributed by atoms with van der Waals surface area (Å²) in [4.78, 5) is 17.6. The second kappa shape index (κ2) is 11.9. The number of aromatic nitrogens is 3. The van der Waals surface area contributed by atoms with Crippen molar-refractivity contribution in [2.45, 2.75) is 58.2 Å². The topological polar surface area (TPSA) is 78.3 Å². The summed E-state index contributed by atoms with van der Waals surface area (Å²) in [5.74, 6) is 2.57. The van der Waals surface area contributed by atoms with E-state index in [1.165, 1.54) is 0 Å². The average molecular weight is 471 g/mol. The SMILES string of the molecule is C=CCOC(=O)C1=C(C)Nc2nc(SCCCC)nn2C1c1ccc(OCCC(C)C)cc1. The molecule has 0 amide bonds. The third-order valence-corrected chi connectivity index (χ3v) is 6.20. The van der Waals surface area contributed by atoms with Crippen LogP contribution in [0.3, 0.4) is 0 Å². The fourth-order valence-electron chi connectivity index (χ4n) is 3.44. The number of rotatable bonds is 12. The molecule has 1 aromatic carbocycles. The highest BCUT2D eigenvalue weighted by Gasteiger charge is 2.35. The van der Waals surface area contributed by atoms with Gasteiger partial charge >= 0.3 is 5.97 Å². The largest absolute Gasteiger partial charge is 0.494 e. The van der Waals surface area contributed by atoms with Crippen LogP contribution in [-0.2, 0) is 9.53 Å². The number of esters is 1. The van der Waals surface area contributed by atoms with Crippen LogP contribution in [0.15, 0.2) is 53.3 Å². The average Bonchev–Trinajstić information content (AvgIpc) is 3.19. The number of carbonyl (C=O) groups is 1. The van der Waals surface area contributed by atoms with E-state index in [0.717, 1.165) is 36.3 Å². The summed E-state index contributed by atoms with van der Waals surface area (Å²) < 4.78 is 13.1. The number of benzene rings is 1. The van der Waals surface area contributed by atoms with E-state index >= 15 is 0 Å². The van der Waals surface area contributed by atoms with Crippen LogP contribution < -0.4 is 10.1 Å². The van der Waals surface area contributed by atoms with Gasteiger partial charge in [-0.2, -0.15) is 4.98 Å². The minimum atomic E-state index is -0.448. The molecule has 178 valence electrons. The maximum Gasteiger partial charge on any atom is 0.338 e. The zero-order valence-electron chi connectivity index (χ0n) is 20.0. The number of nitrogens with one attached hydrogen (secondary N) is 1. The number of hydrogen-bond donors (Lipinski definition) is 1. The fourth-order valence-corrected chi connectivity index (χ4v) is 4.36. The quantitative estimate of drug-likeness (QED) is 0.187. The zero-order chi connectivity index (χ0) is 23.8. The minimum absolute atomic E-state index is 0.146. The van der Waals surface area contributed by atoms with Gasteiger partial charge in [-0.1, -0.05) is 63.7 Å². The highest BCUT2D eigenvalue weighted by atomic mass is 32.2. The molecule has 0 spiro atoms. The number of nitrogens with zero attached hydrogens (tertiary/aromatic N) is 3. The van der Waals surface area contributed by atoms with Crippen molar-refractivity contribution in [2.24, 2.45) is 5.92 Å². The van der Waals surface area contributed by atoms with Gasteiger partial charge in [0.2, 0.25) is 11.1 Å². The van der Waals surface area contributed by atoms with Crippen molar-refractivity contribution in [1.82, 2.24) is 14.8 Å². The van der Waals surface area contributed by atoms with Crippen LogP contribution in [0, 0.1) is 5.92 Å². The first-order chi connectivity index (χ1) is 15.9. The molecule has 33 heavy (non-hydrogen) atoms. The molecular weight excluding hydrogens is 436 g/mol. The van der Waals surface area contributed by atoms with Gasteiger partial charge in [0, 0.05) is 11.4 Å². The van der Waals surface area contributed by atoms with Gasteiger partial charge in [-0.3, -0.25) is 0 Å². The predicted molar refractivity (Wildman–Crippen MR) is 133 cm³/mol. The summed E-state index contributed by atoms with van der Waals surface area (Å²) in [5, 5.41) is 8.66. The lowest BCUT2D eigenvalue weighted by Crippen LogP contribution is -2.29. The number of carbonyl (C=O) groups excluding carboxylic acids is 1. The summed E-state index contributed by atoms with van der Waals surface area (Å²) in [6, 6.07) is 7.38. The monoisotopic (exact) mass is 470 g/mol. The molecule has 3 rings (SSSR count). The van der Waals surface area contributed by atoms with Crippen LogP contribution in [0.25, 0.3) is 0 Å². The molecule has 1 aromatic heterocycles. The van der Waals surface area contributed by atoms with Gasteiger partial charge in [-0.15, -0.1) is 5.10 Å². The van der Waals surface area contributed by atoms with Crippen molar-refractivity contribution in [3.8, 4) is 5.75 Å². The van der Waals surface area contributed by atoms with Gasteiger partial charge in [-0.05, 0) is 43.4 Å². The molecule has 0 fully saturated rings. The molecule has 7 nitrogen and oxygen atoms in total. The molecular formula is C25H34N4O3S. The standard InChI is InChI=1S/C25H34N4O3S/c1-6-8-16-33-25-27-24-26-18(5)21(23(30)32-14-7-2)22(29(24)28-25)19-9-11-20(12-10-19)31-15-13-17(3)4/h7,9-12,17,22H,2,6,8,13-16H2,1,3-5H3,(H,26,27,28). The minimum Gasteiger partial charge on any atom is -0.494 e. The Bertz CT molecular complexity index is 982. The van der Waals surface area contributed by atoms with Crippen LogP contribution in [0.1, 0.15) is 58.6 Å². The van der Waals surface area contributed by atoms with Crippen LogP contribution in [0.5, 0.6) is 5.75 Å². The Morgan fingerprint density at radius 2 is 2.09 bits per heavy atom. The van der Waals surface area contributed by atoms with Gasteiger partial charge in [0.25, 0.3) is 0 Å². The number of hydrogen-bond acceptors (Lipinski definition) is 7. The third kappa shape index (κ3) is 6.41. The normalized spacial score (nSPS) is 15.2. The van der Waals surface area contributed by atoms with E-state index in [-0.39, 0.29) is 6.61 Å². The molecule has 2 aromatic rings. The first-order valence-electron chi connectivity index (χ1n) is 11.5. The van der Waals surface area contributed by atoms with Crippen LogP contribution in [0.2, 0.25) is 0 Å². The van der Waals surface area contributed by atoms with E-state index in [9.17, 15) is 4.79 Å². The maximum absolute atomic E-state index is 13.0. The first kappa shape index (κ1) is 24.9. The molecule has 1 atom stereocenters. The Kier molecular flexibility index (Phi) is 9.00. The fraction of sp³-hybridized carbons (Fsp3) is 0.480. The lowest BCUT2D eigenvalue weighted by Gasteiger charge is -2.28. The van der Waals surface area contributed by atoms with Crippen LogP contribution >= 0.6 is 11.8 Å². The lowest BCUT2D eigenvalue weighted by molar-refractivity contribution is -0.138. The van der Waals surface area contributed by atoms with Crippen molar-refractivity contribution >= 4 is 23.7 Å². The summed E-state index contributed by atoms with van der Waals surface area (Å²) >= 11 is 1.62. The van der Waals surface area contributed by atoms with E-state index in [1.807, 2.05) is 31.2 Å². The molecule has 0 aliphatic carbocycles. The van der Waals surface area contributed by atoms with Crippen molar-refractivity contribution < 1.29 is 14.3 Å². The molecule has 2 heterocycles. The molecule has 0 saturated carbocycles. The van der Waals surface area contributed by atoms with Gasteiger partial charge in [-0.25, -0.2) is 9.48 Å². The Balaban J connectivity index is 1.91. The predicted octanol–water partition coefficient (Wildman–Crippen LogP) is 5.61. The third-order valence-electron chi connectivity index (χ3n) is 5.27. The molecule has 8 heteroatoms. The van der Waals surface area contributed by atoms with Crippen LogP contribution in [0.4, 0.5) is 5.95 Å². The number of ether oxygens (including phenoxy) is 2. The Hall–Kier alpha value is -2.74. The van der Waals surface area contributed by atoms with E-state index in [2.05, 4.69) is 37.7 Å². The Morgan fingerprint density at radius 1 is 1.33 bits per heavy atom. The number of thioether (sulfide) groups is 1. The van der Waals surface area contributed by atoms with E-state index in [0.29, 0.717) is 34.9 Å². The summed E-state index contributed by atoms with van der Waals surface area (Å²) in [5.41, 5.74) is 2.12. The summed E-state index contributed by atoms with van der Waals surface area (Å²) in [6.07, 6.45) is 4.77. The highest BCUT2D eigenvalue weighted by Crippen LogP contribution is 2.37. The second-order valence-electron chi connectivity index (χ2n) is 8.42. The van der Waals surface area contributed by atoms with Gasteiger partial charge in [0.1, 0.15) is 18.4 Å².